The van der Waals surface area contributed by atoms with Gasteiger partial charge in [0, 0.05) is 6.04 Å². The number of carbonyl (C=O) groups is 1. The van der Waals surface area contributed by atoms with Crippen molar-refractivity contribution in [2.45, 2.75) is 77.3 Å². The first-order valence-corrected chi connectivity index (χ1v) is 7.42. The minimum atomic E-state index is -0.408. The van der Waals surface area contributed by atoms with Crippen molar-refractivity contribution in [3.63, 3.8) is 0 Å². The van der Waals surface area contributed by atoms with Gasteiger partial charge in [0.1, 0.15) is 5.54 Å². The maximum absolute atomic E-state index is 12.4. The molecule has 104 valence electrons. The quantitative estimate of drug-likeness (QED) is 0.783. The lowest BCUT2D eigenvalue weighted by molar-refractivity contribution is -0.151. The Morgan fingerprint density at radius 2 is 1.94 bits per heavy atom. The molecule has 2 aliphatic carbocycles. The molecule has 3 heteroatoms. The summed E-state index contributed by atoms with van der Waals surface area (Å²) in [6.45, 7) is 6.88. The lowest BCUT2D eigenvalue weighted by Crippen LogP contribution is -2.55. The van der Waals surface area contributed by atoms with E-state index in [1.165, 1.54) is 25.7 Å². The smallest absolute Gasteiger partial charge is 0.326 e. The third-order valence-corrected chi connectivity index (χ3v) is 4.51. The number of ether oxygens (including phenoxy) is 1. The lowest BCUT2D eigenvalue weighted by Gasteiger charge is -2.32. The molecule has 18 heavy (non-hydrogen) atoms. The summed E-state index contributed by atoms with van der Waals surface area (Å²) in [4.78, 5) is 12.4. The molecule has 0 aromatic carbocycles. The first kappa shape index (κ1) is 13.9. The molecule has 0 spiro atoms. The van der Waals surface area contributed by atoms with Crippen molar-refractivity contribution in [2.75, 3.05) is 6.61 Å². The molecule has 0 bridgehead atoms. The number of carbonyl (C=O) groups excluding carboxylic acids is 1. The molecular formula is C15H27NO2. The van der Waals surface area contributed by atoms with Gasteiger partial charge in [-0.3, -0.25) is 10.1 Å². The van der Waals surface area contributed by atoms with E-state index in [4.69, 9.17) is 4.74 Å². The second-order valence-corrected chi connectivity index (χ2v) is 6.77. The summed E-state index contributed by atoms with van der Waals surface area (Å²) in [5.74, 6) is -0.0255. The second kappa shape index (κ2) is 5.20. The van der Waals surface area contributed by atoms with Crippen molar-refractivity contribution >= 4 is 5.97 Å². The molecule has 1 unspecified atom stereocenters. The molecule has 2 rings (SSSR count). The van der Waals surface area contributed by atoms with E-state index < -0.39 is 5.54 Å². The van der Waals surface area contributed by atoms with Crippen LogP contribution in [0.5, 0.6) is 0 Å². The van der Waals surface area contributed by atoms with E-state index in [0.717, 1.165) is 19.3 Å². The van der Waals surface area contributed by atoms with Crippen LogP contribution in [0, 0.1) is 5.41 Å². The Morgan fingerprint density at radius 1 is 1.28 bits per heavy atom. The van der Waals surface area contributed by atoms with Crippen LogP contribution < -0.4 is 5.32 Å². The number of hydrogen-bond donors (Lipinski definition) is 1. The first-order valence-electron chi connectivity index (χ1n) is 7.42. The summed E-state index contributed by atoms with van der Waals surface area (Å²) < 4.78 is 5.33. The summed E-state index contributed by atoms with van der Waals surface area (Å²) >= 11 is 0. The van der Waals surface area contributed by atoms with Crippen molar-refractivity contribution in [3.05, 3.63) is 0 Å². The molecule has 0 aromatic rings. The van der Waals surface area contributed by atoms with Crippen molar-refractivity contribution in [2.24, 2.45) is 5.41 Å². The molecule has 0 saturated heterocycles. The van der Waals surface area contributed by atoms with Crippen LogP contribution in [0.25, 0.3) is 0 Å². The van der Waals surface area contributed by atoms with Crippen LogP contribution in [0.15, 0.2) is 0 Å². The van der Waals surface area contributed by atoms with E-state index in [1.807, 2.05) is 6.92 Å². The van der Waals surface area contributed by atoms with Crippen molar-refractivity contribution in [1.82, 2.24) is 5.32 Å². The fourth-order valence-electron chi connectivity index (χ4n) is 3.63. The van der Waals surface area contributed by atoms with Gasteiger partial charge in [-0.1, -0.05) is 26.7 Å². The number of nitrogens with one attached hydrogen (secondary N) is 1. The molecule has 2 saturated carbocycles. The van der Waals surface area contributed by atoms with E-state index in [0.29, 0.717) is 12.6 Å². The van der Waals surface area contributed by atoms with Crippen LogP contribution in [0.3, 0.4) is 0 Å². The van der Waals surface area contributed by atoms with Gasteiger partial charge in [0.25, 0.3) is 0 Å². The molecule has 1 N–H and O–H groups in total. The largest absolute Gasteiger partial charge is 0.465 e. The van der Waals surface area contributed by atoms with Crippen molar-refractivity contribution in [1.29, 1.82) is 0 Å². The fraction of sp³-hybridized carbons (Fsp3) is 0.933. The topological polar surface area (TPSA) is 38.3 Å². The van der Waals surface area contributed by atoms with Crippen LogP contribution in [0.4, 0.5) is 0 Å². The Balaban J connectivity index is 2.09. The van der Waals surface area contributed by atoms with E-state index in [2.05, 4.69) is 19.2 Å². The van der Waals surface area contributed by atoms with Crippen molar-refractivity contribution < 1.29 is 9.53 Å². The maximum atomic E-state index is 12.4. The molecular weight excluding hydrogens is 226 g/mol. The zero-order chi connectivity index (χ0) is 13.2. The summed E-state index contributed by atoms with van der Waals surface area (Å²) in [7, 11) is 0. The van der Waals surface area contributed by atoms with Crippen LogP contribution in [-0.2, 0) is 9.53 Å². The Labute approximate surface area is 111 Å². The lowest BCUT2D eigenvalue weighted by atomic mass is 9.87. The highest BCUT2D eigenvalue weighted by Crippen LogP contribution is 2.45. The molecule has 0 aliphatic heterocycles. The number of hydrogen-bond acceptors (Lipinski definition) is 3. The number of esters is 1. The monoisotopic (exact) mass is 253 g/mol. The summed E-state index contributed by atoms with van der Waals surface area (Å²) in [6.07, 6.45) is 7.94. The van der Waals surface area contributed by atoms with Crippen molar-refractivity contribution in [3.8, 4) is 0 Å². The Hall–Kier alpha value is -0.570. The summed E-state index contributed by atoms with van der Waals surface area (Å²) in [5.41, 5.74) is -0.160. The molecule has 0 radical (unpaired) electrons. The summed E-state index contributed by atoms with van der Waals surface area (Å²) in [6, 6.07) is 0.517. The highest BCUT2D eigenvalue weighted by Gasteiger charge is 2.50. The zero-order valence-electron chi connectivity index (χ0n) is 12.1. The zero-order valence-corrected chi connectivity index (χ0v) is 12.1. The van der Waals surface area contributed by atoms with Gasteiger partial charge in [-0.2, -0.15) is 0 Å². The summed E-state index contributed by atoms with van der Waals surface area (Å²) in [5, 5.41) is 3.66. The SMILES string of the molecule is CCOC(=O)C1(NC2CCCC2)CCC(C)(C)C1. The predicted molar refractivity (Wildman–Crippen MR) is 72.4 cm³/mol. The van der Waals surface area contributed by atoms with Gasteiger partial charge < -0.3 is 4.74 Å². The number of rotatable bonds is 4. The van der Waals surface area contributed by atoms with E-state index in [9.17, 15) is 4.79 Å². The molecule has 0 heterocycles. The average Bonchev–Trinajstić information content (AvgIpc) is 2.88. The van der Waals surface area contributed by atoms with E-state index >= 15 is 0 Å². The van der Waals surface area contributed by atoms with Gasteiger partial charge in [-0.05, 0) is 44.4 Å². The van der Waals surface area contributed by atoms with Gasteiger partial charge >= 0.3 is 5.97 Å². The van der Waals surface area contributed by atoms with Gasteiger partial charge in [-0.15, -0.1) is 0 Å². The molecule has 1 atom stereocenters. The van der Waals surface area contributed by atoms with E-state index in [1.54, 1.807) is 0 Å². The predicted octanol–water partition coefficient (Wildman–Crippen LogP) is 3.03. The van der Waals surface area contributed by atoms with Gasteiger partial charge in [0.15, 0.2) is 0 Å². The molecule has 0 aromatic heterocycles. The van der Waals surface area contributed by atoms with Crippen LogP contribution >= 0.6 is 0 Å². The highest BCUT2D eigenvalue weighted by atomic mass is 16.5. The second-order valence-electron chi connectivity index (χ2n) is 6.77. The standard InChI is InChI=1S/C15H27NO2/c1-4-18-13(17)15(10-9-14(2,3)11-15)16-12-7-5-6-8-12/h12,16H,4-11H2,1-3H3. The molecule has 2 fully saturated rings. The molecule has 3 nitrogen and oxygen atoms in total. The van der Waals surface area contributed by atoms with Gasteiger partial charge in [0.2, 0.25) is 0 Å². The normalized spacial score (nSPS) is 31.7. The molecule has 2 aliphatic rings. The Morgan fingerprint density at radius 3 is 2.44 bits per heavy atom. The third kappa shape index (κ3) is 2.87. The highest BCUT2D eigenvalue weighted by molar-refractivity contribution is 5.81. The Bertz CT molecular complexity index is 308. The van der Waals surface area contributed by atoms with Crippen LogP contribution in [0.1, 0.15) is 65.7 Å². The first-order chi connectivity index (χ1) is 8.47. The molecule has 0 amide bonds. The van der Waals surface area contributed by atoms with Crippen LogP contribution in [0.2, 0.25) is 0 Å². The van der Waals surface area contributed by atoms with E-state index in [-0.39, 0.29) is 11.4 Å². The van der Waals surface area contributed by atoms with Gasteiger partial charge in [-0.25, -0.2) is 0 Å². The maximum Gasteiger partial charge on any atom is 0.326 e. The minimum Gasteiger partial charge on any atom is -0.465 e. The average molecular weight is 253 g/mol. The Kier molecular flexibility index (Phi) is 4.00. The van der Waals surface area contributed by atoms with Gasteiger partial charge in [0.05, 0.1) is 6.61 Å². The van der Waals surface area contributed by atoms with Crippen LogP contribution in [-0.4, -0.2) is 24.2 Å². The third-order valence-electron chi connectivity index (χ3n) is 4.51. The fourth-order valence-corrected chi connectivity index (χ4v) is 3.63. The minimum absolute atomic E-state index is 0.0255.